The Bertz CT molecular complexity index is 318. The van der Waals surface area contributed by atoms with E-state index in [1.807, 2.05) is 0 Å². The lowest BCUT2D eigenvalue weighted by Crippen LogP contribution is -2.15. The van der Waals surface area contributed by atoms with Crippen LogP contribution in [0.15, 0.2) is 11.6 Å². The van der Waals surface area contributed by atoms with Crippen LogP contribution in [0.25, 0.3) is 0 Å². The van der Waals surface area contributed by atoms with Crippen molar-refractivity contribution < 1.29 is 19.1 Å². The van der Waals surface area contributed by atoms with Crippen LogP contribution in [0.3, 0.4) is 0 Å². The monoisotopic (exact) mass is 270 g/mol. The normalized spacial score (nSPS) is 13.3. The van der Waals surface area contributed by atoms with E-state index >= 15 is 0 Å². The molecule has 0 aromatic heterocycles. The maximum atomic E-state index is 11.3. The van der Waals surface area contributed by atoms with Crippen LogP contribution in [0.2, 0.25) is 0 Å². The van der Waals surface area contributed by atoms with E-state index in [9.17, 15) is 9.59 Å². The first-order valence-electron chi connectivity index (χ1n) is 6.86. The van der Waals surface area contributed by atoms with Crippen molar-refractivity contribution in [2.75, 3.05) is 13.2 Å². The van der Waals surface area contributed by atoms with Gasteiger partial charge in [0.1, 0.15) is 6.42 Å². The zero-order chi connectivity index (χ0) is 14.8. The molecule has 110 valence electrons. The van der Waals surface area contributed by atoms with Crippen LogP contribution in [0, 0.1) is 11.8 Å². The average Bonchev–Trinajstić information content (AvgIpc) is 2.28. The minimum Gasteiger partial charge on any atom is -0.466 e. The summed E-state index contributed by atoms with van der Waals surface area (Å²) in [5.41, 5.74) is 1.34. The molecule has 19 heavy (non-hydrogen) atoms. The summed E-state index contributed by atoms with van der Waals surface area (Å²) in [6, 6.07) is 0. The molecule has 0 N–H and O–H groups in total. The molecule has 0 spiro atoms. The van der Waals surface area contributed by atoms with Crippen LogP contribution in [0.4, 0.5) is 0 Å². The highest BCUT2D eigenvalue weighted by molar-refractivity contribution is 5.91. The van der Waals surface area contributed by atoms with E-state index in [0.29, 0.717) is 18.4 Å². The largest absolute Gasteiger partial charge is 0.466 e. The van der Waals surface area contributed by atoms with Crippen LogP contribution >= 0.6 is 0 Å². The number of rotatable bonds is 8. The fourth-order valence-electron chi connectivity index (χ4n) is 1.46. The van der Waals surface area contributed by atoms with Gasteiger partial charge in [0.25, 0.3) is 0 Å². The van der Waals surface area contributed by atoms with E-state index in [4.69, 9.17) is 4.74 Å². The van der Waals surface area contributed by atoms with Crippen molar-refractivity contribution in [2.45, 2.75) is 47.5 Å². The molecule has 0 saturated heterocycles. The molecule has 0 heterocycles. The van der Waals surface area contributed by atoms with E-state index in [0.717, 1.165) is 6.42 Å². The fraction of sp³-hybridized carbons (Fsp3) is 0.733. The van der Waals surface area contributed by atoms with Crippen molar-refractivity contribution in [1.82, 2.24) is 0 Å². The molecule has 0 fully saturated rings. The first-order chi connectivity index (χ1) is 8.86. The van der Waals surface area contributed by atoms with E-state index in [1.54, 1.807) is 6.92 Å². The van der Waals surface area contributed by atoms with Gasteiger partial charge in [-0.05, 0) is 32.1 Å². The molecule has 0 aromatic rings. The van der Waals surface area contributed by atoms with Crippen molar-refractivity contribution in [3.8, 4) is 0 Å². The van der Waals surface area contributed by atoms with Gasteiger partial charge in [0.2, 0.25) is 0 Å². The minimum atomic E-state index is -0.531. The molecule has 0 aliphatic heterocycles. The molecule has 0 rings (SSSR count). The van der Waals surface area contributed by atoms with Gasteiger partial charge < -0.3 is 9.47 Å². The predicted molar refractivity (Wildman–Crippen MR) is 74.6 cm³/mol. The molecule has 0 aliphatic carbocycles. The first kappa shape index (κ1) is 17.7. The molecule has 0 aliphatic rings. The maximum absolute atomic E-state index is 11.3. The quantitative estimate of drug-likeness (QED) is 0.386. The topological polar surface area (TPSA) is 52.6 Å². The molecule has 1 atom stereocenters. The molecule has 0 bridgehead atoms. The Balaban J connectivity index is 3.87. The minimum absolute atomic E-state index is 0.280. The second-order valence-corrected chi connectivity index (χ2v) is 5.03. The number of esters is 2. The van der Waals surface area contributed by atoms with Gasteiger partial charge in [-0.25, -0.2) is 0 Å². The Labute approximate surface area is 116 Å². The molecule has 0 aromatic carbocycles. The van der Waals surface area contributed by atoms with E-state index in [1.165, 1.54) is 5.57 Å². The van der Waals surface area contributed by atoms with Crippen molar-refractivity contribution in [3.63, 3.8) is 0 Å². The summed E-state index contributed by atoms with van der Waals surface area (Å²) in [6.07, 6.45) is 2.66. The number of hydrogen-bond acceptors (Lipinski definition) is 4. The highest BCUT2D eigenvalue weighted by atomic mass is 16.6. The van der Waals surface area contributed by atoms with Gasteiger partial charge in [0.15, 0.2) is 0 Å². The van der Waals surface area contributed by atoms with Crippen LogP contribution in [-0.4, -0.2) is 25.2 Å². The summed E-state index contributed by atoms with van der Waals surface area (Å²) in [4.78, 5) is 22.3. The highest BCUT2D eigenvalue weighted by Crippen LogP contribution is 2.14. The van der Waals surface area contributed by atoms with Crippen LogP contribution in [0.1, 0.15) is 47.5 Å². The number of hydrogen-bond donors (Lipinski definition) is 0. The van der Waals surface area contributed by atoms with Gasteiger partial charge in [-0.2, -0.15) is 0 Å². The molecule has 0 amide bonds. The third-order valence-corrected chi connectivity index (χ3v) is 2.89. The third kappa shape index (κ3) is 9.28. The number of allylic oxidation sites excluding steroid dienone is 2. The molecular weight excluding hydrogens is 244 g/mol. The van der Waals surface area contributed by atoms with Crippen LogP contribution in [0.5, 0.6) is 0 Å². The van der Waals surface area contributed by atoms with Gasteiger partial charge in [0, 0.05) is 0 Å². The van der Waals surface area contributed by atoms with Crippen molar-refractivity contribution in [3.05, 3.63) is 11.6 Å². The summed E-state index contributed by atoms with van der Waals surface area (Å²) in [5.74, 6) is -0.155. The Kier molecular flexibility index (Phi) is 8.92. The van der Waals surface area contributed by atoms with Crippen molar-refractivity contribution >= 4 is 11.9 Å². The summed E-state index contributed by atoms with van der Waals surface area (Å²) in [7, 11) is 0. The lowest BCUT2D eigenvalue weighted by molar-refractivity contribution is -0.154. The second kappa shape index (κ2) is 9.59. The van der Waals surface area contributed by atoms with Crippen LogP contribution < -0.4 is 0 Å². The van der Waals surface area contributed by atoms with Gasteiger partial charge in [0.05, 0.1) is 13.2 Å². The average molecular weight is 270 g/mol. The predicted octanol–water partition coefficient (Wildman–Crippen LogP) is 3.11. The number of ether oxygens (including phenoxy) is 2. The van der Waals surface area contributed by atoms with Gasteiger partial charge >= 0.3 is 11.9 Å². The second-order valence-electron chi connectivity index (χ2n) is 5.03. The summed E-state index contributed by atoms with van der Waals surface area (Å²) in [6.45, 7) is 10.8. The standard InChI is InChI=1S/C15H26O4/c1-6-18-14(16)10-15(17)19-8-7-12(4)9-13(5)11(2)3/h9,11-12H,6-8,10H2,1-5H3. The van der Waals surface area contributed by atoms with Gasteiger partial charge in [-0.1, -0.05) is 32.4 Å². The number of carbonyl (C=O) groups excluding carboxylic acids is 2. The lowest BCUT2D eigenvalue weighted by atomic mass is 9.98. The zero-order valence-electron chi connectivity index (χ0n) is 12.7. The fourth-order valence-corrected chi connectivity index (χ4v) is 1.46. The van der Waals surface area contributed by atoms with Crippen molar-refractivity contribution in [2.24, 2.45) is 11.8 Å². The number of carbonyl (C=O) groups is 2. The molecule has 1 unspecified atom stereocenters. The Morgan fingerprint density at radius 2 is 1.68 bits per heavy atom. The molecular formula is C15H26O4. The molecule has 4 nitrogen and oxygen atoms in total. The Morgan fingerprint density at radius 3 is 2.21 bits per heavy atom. The van der Waals surface area contributed by atoms with Gasteiger partial charge in [-0.3, -0.25) is 9.59 Å². The Morgan fingerprint density at radius 1 is 1.11 bits per heavy atom. The van der Waals surface area contributed by atoms with Gasteiger partial charge in [-0.15, -0.1) is 0 Å². The van der Waals surface area contributed by atoms with E-state index in [2.05, 4.69) is 38.5 Å². The first-order valence-corrected chi connectivity index (χ1v) is 6.86. The maximum Gasteiger partial charge on any atom is 0.317 e. The SMILES string of the molecule is CCOC(=O)CC(=O)OCCC(C)C=C(C)C(C)C. The summed E-state index contributed by atoms with van der Waals surface area (Å²) in [5, 5.41) is 0. The third-order valence-electron chi connectivity index (χ3n) is 2.89. The van der Waals surface area contributed by atoms with Crippen LogP contribution in [-0.2, 0) is 19.1 Å². The van der Waals surface area contributed by atoms with E-state index in [-0.39, 0.29) is 13.0 Å². The summed E-state index contributed by atoms with van der Waals surface area (Å²) < 4.78 is 9.67. The van der Waals surface area contributed by atoms with E-state index < -0.39 is 11.9 Å². The summed E-state index contributed by atoms with van der Waals surface area (Å²) >= 11 is 0. The molecule has 4 heteroatoms. The zero-order valence-corrected chi connectivity index (χ0v) is 12.7. The smallest absolute Gasteiger partial charge is 0.317 e. The van der Waals surface area contributed by atoms with Crippen molar-refractivity contribution in [1.29, 1.82) is 0 Å². The lowest BCUT2D eigenvalue weighted by Gasteiger charge is -2.11. The highest BCUT2D eigenvalue weighted by Gasteiger charge is 2.11. The molecule has 0 radical (unpaired) electrons. The molecule has 0 saturated carbocycles. The Hall–Kier alpha value is -1.32.